The third-order valence-corrected chi connectivity index (χ3v) is 3.60. The van der Waals surface area contributed by atoms with E-state index in [0.717, 1.165) is 30.0 Å². The number of nitrogens with two attached hydrogens (primary N) is 1. The molecule has 1 aliphatic rings. The minimum absolute atomic E-state index is 0.256. The van der Waals surface area contributed by atoms with Gasteiger partial charge in [-0.3, -0.25) is 0 Å². The Bertz CT molecular complexity index is 381. The van der Waals surface area contributed by atoms with E-state index >= 15 is 0 Å². The first-order chi connectivity index (χ1) is 8.20. The lowest BCUT2D eigenvalue weighted by atomic mass is 9.85. The highest BCUT2D eigenvalue weighted by Gasteiger charge is 2.24. The van der Waals surface area contributed by atoms with E-state index in [9.17, 15) is 5.11 Å². The number of hydrogen-bond acceptors (Lipinski definition) is 4. The highest BCUT2D eigenvalue weighted by Crippen LogP contribution is 2.26. The van der Waals surface area contributed by atoms with Crippen molar-refractivity contribution in [2.24, 2.45) is 5.92 Å². The van der Waals surface area contributed by atoms with Crippen LogP contribution in [0.3, 0.4) is 0 Å². The van der Waals surface area contributed by atoms with E-state index in [1.807, 2.05) is 19.1 Å². The van der Waals surface area contributed by atoms with Crippen molar-refractivity contribution in [3.05, 3.63) is 17.8 Å². The van der Waals surface area contributed by atoms with Crippen molar-refractivity contribution in [2.75, 3.05) is 17.7 Å². The fraction of sp³-hybridized carbons (Fsp3) is 0.615. The van der Waals surface area contributed by atoms with Crippen molar-refractivity contribution in [3.8, 4) is 0 Å². The number of anilines is 2. The molecule has 2 atom stereocenters. The van der Waals surface area contributed by atoms with Crippen molar-refractivity contribution in [1.82, 2.24) is 4.98 Å². The zero-order valence-corrected chi connectivity index (χ0v) is 10.3. The zero-order valence-electron chi connectivity index (χ0n) is 10.3. The largest absolute Gasteiger partial charge is 0.397 e. The fourth-order valence-electron chi connectivity index (χ4n) is 2.46. The van der Waals surface area contributed by atoms with E-state index in [-0.39, 0.29) is 6.61 Å². The second kappa shape index (κ2) is 5.36. The van der Waals surface area contributed by atoms with Crippen LogP contribution in [0.2, 0.25) is 0 Å². The van der Waals surface area contributed by atoms with Crippen LogP contribution >= 0.6 is 0 Å². The molecule has 1 aromatic heterocycles. The van der Waals surface area contributed by atoms with Gasteiger partial charge in [-0.15, -0.1) is 0 Å². The number of nitrogens with zero attached hydrogens (tertiary/aromatic N) is 1. The number of aromatic nitrogens is 1. The first-order valence-corrected chi connectivity index (χ1v) is 6.31. The Balaban J connectivity index is 2.05. The van der Waals surface area contributed by atoms with Gasteiger partial charge in [0, 0.05) is 18.6 Å². The van der Waals surface area contributed by atoms with Gasteiger partial charge in [-0.1, -0.05) is 12.8 Å². The molecule has 0 spiro atoms. The second-order valence-electron chi connectivity index (χ2n) is 4.85. The monoisotopic (exact) mass is 235 g/mol. The molecule has 0 bridgehead atoms. The number of aliphatic hydroxyl groups is 1. The van der Waals surface area contributed by atoms with Crippen LogP contribution in [0, 0.1) is 12.8 Å². The van der Waals surface area contributed by atoms with E-state index in [1.165, 1.54) is 12.8 Å². The Morgan fingerprint density at radius 2 is 2.18 bits per heavy atom. The van der Waals surface area contributed by atoms with Gasteiger partial charge in [0.15, 0.2) is 0 Å². The number of pyridine rings is 1. The Morgan fingerprint density at radius 1 is 1.41 bits per heavy atom. The number of nitrogens with one attached hydrogen (secondary N) is 1. The summed E-state index contributed by atoms with van der Waals surface area (Å²) in [6.45, 7) is 2.16. The van der Waals surface area contributed by atoms with E-state index < -0.39 is 0 Å². The summed E-state index contributed by atoms with van der Waals surface area (Å²) in [4.78, 5) is 4.42. The molecule has 1 aromatic rings. The molecule has 2 unspecified atom stereocenters. The van der Waals surface area contributed by atoms with E-state index in [2.05, 4.69) is 10.3 Å². The molecule has 1 heterocycles. The highest BCUT2D eigenvalue weighted by molar-refractivity contribution is 5.49. The molecular formula is C13H21N3O. The molecule has 0 aromatic carbocycles. The number of aryl methyl sites for hydroxylation is 1. The van der Waals surface area contributed by atoms with E-state index in [0.29, 0.717) is 12.0 Å². The van der Waals surface area contributed by atoms with Gasteiger partial charge in [0.25, 0.3) is 0 Å². The Labute approximate surface area is 102 Å². The SMILES string of the molecule is Cc1nc(NC2CCCCC2CO)ccc1N. The van der Waals surface area contributed by atoms with Crippen LogP contribution < -0.4 is 11.1 Å². The summed E-state index contributed by atoms with van der Waals surface area (Å²) in [5.74, 6) is 1.21. The van der Waals surface area contributed by atoms with Crippen molar-refractivity contribution < 1.29 is 5.11 Å². The predicted molar refractivity (Wildman–Crippen MR) is 69.8 cm³/mol. The van der Waals surface area contributed by atoms with E-state index in [1.54, 1.807) is 0 Å². The average molecular weight is 235 g/mol. The molecular weight excluding hydrogens is 214 g/mol. The molecule has 17 heavy (non-hydrogen) atoms. The molecule has 1 fully saturated rings. The van der Waals surface area contributed by atoms with Crippen LogP contribution in [0.1, 0.15) is 31.4 Å². The molecule has 0 radical (unpaired) electrons. The Hall–Kier alpha value is -1.29. The van der Waals surface area contributed by atoms with Gasteiger partial charge < -0.3 is 16.2 Å². The summed E-state index contributed by atoms with van der Waals surface area (Å²) in [6, 6.07) is 4.12. The number of hydrogen-bond donors (Lipinski definition) is 3. The third kappa shape index (κ3) is 2.88. The molecule has 94 valence electrons. The van der Waals surface area contributed by atoms with Crippen LogP contribution in [0.15, 0.2) is 12.1 Å². The maximum atomic E-state index is 9.36. The first-order valence-electron chi connectivity index (χ1n) is 6.31. The lowest BCUT2D eigenvalue weighted by Gasteiger charge is -2.31. The van der Waals surface area contributed by atoms with Crippen molar-refractivity contribution in [2.45, 2.75) is 38.6 Å². The lowest BCUT2D eigenvalue weighted by molar-refractivity contribution is 0.178. The topological polar surface area (TPSA) is 71.2 Å². The van der Waals surface area contributed by atoms with Gasteiger partial charge in [0.05, 0.1) is 11.4 Å². The zero-order chi connectivity index (χ0) is 12.3. The minimum atomic E-state index is 0.256. The van der Waals surface area contributed by atoms with Crippen molar-refractivity contribution in [1.29, 1.82) is 0 Å². The van der Waals surface area contributed by atoms with Crippen molar-refractivity contribution >= 4 is 11.5 Å². The fourth-order valence-corrected chi connectivity index (χ4v) is 2.46. The summed E-state index contributed by atoms with van der Waals surface area (Å²) < 4.78 is 0. The Morgan fingerprint density at radius 3 is 2.88 bits per heavy atom. The van der Waals surface area contributed by atoms with Gasteiger partial charge >= 0.3 is 0 Å². The maximum absolute atomic E-state index is 9.36. The molecule has 4 heteroatoms. The maximum Gasteiger partial charge on any atom is 0.126 e. The minimum Gasteiger partial charge on any atom is -0.397 e. The summed E-state index contributed by atoms with van der Waals surface area (Å²) >= 11 is 0. The molecule has 2 rings (SSSR count). The summed E-state index contributed by atoms with van der Waals surface area (Å²) in [6.07, 6.45) is 4.65. The molecule has 4 nitrogen and oxygen atoms in total. The first kappa shape index (κ1) is 12.2. The highest BCUT2D eigenvalue weighted by atomic mass is 16.3. The Kier molecular flexibility index (Phi) is 3.84. The van der Waals surface area contributed by atoms with E-state index in [4.69, 9.17) is 5.73 Å². The van der Waals surface area contributed by atoms with Crippen LogP contribution in [0.4, 0.5) is 11.5 Å². The molecule has 4 N–H and O–H groups in total. The normalized spacial score (nSPS) is 24.6. The second-order valence-corrected chi connectivity index (χ2v) is 4.85. The van der Waals surface area contributed by atoms with Gasteiger partial charge in [-0.25, -0.2) is 4.98 Å². The predicted octanol–water partition coefficient (Wildman–Crippen LogP) is 1.94. The third-order valence-electron chi connectivity index (χ3n) is 3.60. The summed E-state index contributed by atoms with van der Waals surface area (Å²) in [5, 5.41) is 12.8. The average Bonchev–Trinajstić information content (AvgIpc) is 2.34. The molecule has 1 aliphatic carbocycles. The smallest absolute Gasteiger partial charge is 0.126 e. The van der Waals surface area contributed by atoms with Gasteiger partial charge in [0.1, 0.15) is 5.82 Å². The summed E-state index contributed by atoms with van der Waals surface area (Å²) in [5.41, 5.74) is 7.32. The molecule has 0 aliphatic heterocycles. The van der Waals surface area contributed by atoms with Crippen molar-refractivity contribution in [3.63, 3.8) is 0 Å². The standard InChI is InChI=1S/C13H21N3O/c1-9-11(14)6-7-13(15-9)16-12-5-3-2-4-10(12)8-17/h6-7,10,12,17H,2-5,8,14H2,1H3,(H,15,16). The molecule has 1 saturated carbocycles. The summed E-state index contributed by atoms with van der Waals surface area (Å²) in [7, 11) is 0. The number of nitrogen functional groups attached to an aromatic ring is 1. The van der Waals surface area contributed by atoms with Crippen LogP contribution in [-0.2, 0) is 0 Å². The van der Waals surface area contributed by atoms with Crippen LogP contribution in [0.25, 0.3) is 0 Å². The van der Waals surface area contributed by atoms with Gasteiger partial charge in [0.2, 0.25) is 0 Å². The van der Waals surface area contributed by atoms with Crippen LogP contribution in [0.5, 0.6) is 0 Å². The van der Waals surface area contributed by atoms with Gasteiger partial charge in [-0.05, 0) is 31.9 Å². The molecule has 0 amide bonds. The lowest BCUT2D eigenvalue weighted by Crippen LogP contribution is -2.34. The number of aliphatic hydroxyl groups excluding tert-OH is 1. The van der Waals surface area contributed by atoms with Gasteiger partial charge in [-0.2, -0.15) is 0 Å². The number of rotatable bonds is 3. The molecule has 0 saturated heterocycles. The van der Waals surface area contributed by atoms with Crippen LogP contribution in [-0.4, -0.2) is 22.7 Å². The quantitative estimate of drug-likeness (QED) is 0.748.